The first-order valence-electron chi connectivity index (χ1n) is 5.95. The molecule has 1 heterocycles. The van der Waals surface area contributed by atoms with Gasteiger partial charge in [-0.15, -0.1) is 0 Å². The second kappa shape index (κ2) is 5.10. The zero-order valence-electron chi connectivity index (χ0n) is 11.0. The number of aryl methyl sites for hydroxylation is 2. The van der Waals surface area contributed by atoms with E-state index in [-0.39, 0.29) is 12.0 Å². The van der Waals surface area contributed by atoms with Crippen molar-refractivity contribution in [2.24, 2.45) is 0 Å². The molecule has 0 bridgehead atoms. The summed E-state index contributed by atoms with van der Waals surface area (Å²) in [4.78, 5) is 23.9. The van der Waals surface area contributed by atoms with E-state index in [2.05, 4.69) is 6.58 Å². The SMILES string of the molecule is C=CCOC(=O)n1ccc(=O)c2c(C)cc(C)cc21. The van der Waals surface area contributed by atoms with Gasteiger partial charge in [-0.25, -0.2) is 4.79 Å². The van der Waals surface area contributed by atoms with E-state index in [1.165, 1.54) is 22.9 Å². The quantitative estimate of drug-likeness (QED) is 0.777. The Morgan fingerprint density at radius 2 is 2.16 bits per heavy atom. The molecule has 0 N–H and O–H groups in total. The van der Waals surface area contributed by atoms with E-state index in [4.69, 9.17) is 4.74 Å². The summed E-state index contributed by atoms with van der Waals surface area (Å²) in [5.41, 5.74) is 2.31. The van der Waals surface area contributed by atoms with Crippen molar-refractivity contribution in [3.63, 3.8) is 0 Å². The fourth-order valence-electron chi connectivity index (χ4n) is 2.12. The summed E-state index contributed by atoms with van der Waals surface area (Å²) in [5.74, 6) is 0. The van der Waals surface area contributed by atoms with Gasteiger partial charge >= 0.3 is 6.09 Å². The zero-order chi connectivity index (χ0) is 14.0. The van der Waals surface area contributed by atoms with Crippen LogP contribution in [0.1, 0.15) is 11.1 Å². The molecular formula is C15H15NO3. The van der Waals surface area contributed by atoms with Gasteiger partial charge in [-0.2, -0.15) is 0 Å². The summed E-state index contributed by atoms with van der Waals surface area (Å²) < 4.78 is 6.36. The average molecular weight is 257 g/mol. The average Bonchev–Trinajstić information content (AvgIpc) is 2.35. The molecule has 4 heteroatoms. The summed E-state index contributed by atoms with van der Waals surface area (Å²) >= 11 is 0. The highest BCUT2D eigenvalue weighted by molar-refractivity contribution is 5.90. The molecule has 1 aromatic carbocycles. The normalized spacial score (nSPS) is 10.4. The van der Waals surface area contributed by atoms with Gasteiger partial charge < -0.3 is 4.74 Å². The Bertz CT molecular complexity index is 713. The minimum absolute atomic E-state index is 0.0970. The van der Waals surface area contributed by atoms with Crippen molar-refractivity contribution in [1.29, 1.82) is 0 Å². The Kier molecular flexibility index (Phi) is 3.51. The molecule has 0 amide bonds. The lowest BCUT2D eigenvalue weighted by atomic mass is 10.1. The van der Waals surface area contributed by atoms with Gasteiger partial charge in [0, 0.05) is 17.6 Å². The van der Waals surface area contributed by atoms with Crippen molar-refractivity contribution in [3.05, 3.63) is 58.4 Å². The van der Waals surface area contributed by atoms with Gasteiger partial charge in [0.2, 0.25) is 0 Å². The van der Waals surface area contributed by atoms with Crippen LogP contribution in [-0.2, 0) is 4.74 Å². The zero-order valence-corrected chi connectivity index (χ0v) is 11.0. The smallest absolute Gasteiger partial charge is 0.418 e. The number of carbonyl (C=O) groups is 1. The highest BCUT2D eigenvalue weighted by Crippen LogP contribution is 2.17. The van der Waals surface area contributed by atoms with Crippen LogP contribution < -0.4 is 5.43 Å². The minimum atomic E-state index is -0.519. The van der Waals surface area contributed by atoms with Crippen LogP contribution in [0.25, 0.3) is 10.9 Å². The van der Waals surface area contributed by atoms with Crippen LogP contribution in [0.3, 0.4) is 0 Å². The number of hydrogen-bond donors (Lipinski definition) is 0. The van der Waals surface area contributed by atoms with E-state index in [1.807, 2.05) is 19.9 Å². The number of ether oxygens (including phenoxy) is 1. The maximum Gasteiger partial charge on any atom is 0.418 e. The summed E-state index contributed by atoms with van der Waals surface area (Å²) in [6.45, 7) is 7.41. The van der Waals surface area contributed by atoms with Crippen LogP contribution >= 0.6 is 0 Å². The van der Waals surface area contributed by atoms with Gasteiger partial charge in [0.05, 0.1) is 5.52 Å². The highest BCUT2D eigenvalue weighted by atomic mass is 16.5. The van der Waals surface area contributed by atoms with E-state index < -0.39 is 6.09 Å². The molecule has 98 valence electrons. The van der Waals surface area contributed by atoms with Crippen molar-refractivity contribution in [1.82, 2.24) is 4.57 Å². The monoisotopic (exact) mass is 257 g/mol. The predicted molar refractivity (Wildman–Crippen MR) is 74.6 cm³/mol. The van der Waals surface area contributed by atoms with Gasteiger partial charge in [0.1, 0.15) is 6.61 Å². The number of nitrogens with zero attached hydrogens (tertiary/aromatic N) is 1. The molecule has 4 nitrogen and oxygen atoms in total. The van der Waals surface area contributed by atoms with Gasteiger partial charge in [0.15, 0.2) is 5.43 Å². The second-order valence-corrected chi connectivity index (χ2v) is 4.39. The van der Waals surface area contributed by atoms with Crippen LogP contribution in [-0.4, -0.2) is 17.3 Å². The van der Waals surface area contributed by atoms with Crippen LogP contribution in [0.2, 0.25) is 0 Å². The first-order valence-corrected chi connectivity index (χ1v) is 5.95. The number of aromatic nitrogens is 1. The van der Waals surface area contributed by atoms with E-state index in [0.717, 1.165) is 11.1 Å². The lowest BCUT2D eigenvalue weighted by Crippen LogP contribution is -2.18. The number of benzene rings is 1. The first-order chi connectivity index (χ1) is 9.04. The molecule has 0 saturated heterocycles. The molecule has 19 heavy (non-hydrogen) atoms. The summed E-state index contributed by atoms with van der Waals surface area (Å²) in [7, 11) is 0. The second-order valence-electron chi connectivity index (χ2n) is 4.39. The molecule has 2 aromatic rings. The molecular weight excluding hydrogens is 242 g/mol. The maximum atomic E-state index is 11.9. The van der Waals surface area contributed by atoms with Gasteiger partial charge in [0.25, 0.3) is 0 Å². The molecule has 0 unspecified atom stereocenters. The van der Waals surface area contributed by atoms with E-state index in [0.29, 0.717) is 10.9 Å². The highest BCUT2D eigenvalue weighted by Gasteiger charge is 2.12. The molecule has 0 saturated carbocycles. The Labute approximate surface area is 110 Å². The fourth-order valence-corrected chi connectivity index (χ4v) is 2.12. The molecule has 0 atom stereocenters. The standard InChI is InChI=1S/C15H15NO3/c1-4-7-19-15(18)16-6-5-13(17)14-11(3)8-10(2)9-12(14)16/h4-6,8-9H,1,7H2,2-3H3. The third-order valence-corrected chi connectivity index (χ3v) is 2.86. The molecule has 0 fully saturated rings. The van der Waals surface area contributed by atoms with Gasteiger partial charge in [-0.05, 0) is 31.0 Å². The van der Waals surface area contributed by atoms with E-state index in [9.17, 15) is 9.59 Å². The first kappa shape index (κ1) is 13.1. The van der Waals surface area contributed by atoms with Crippen LogP contribution in [0.4, 0.5) is 4.79 Å². The van der Waals surface area contributed by atoms with Crippen LogP contribution in [0.5, 0.6) is 0 Å². The minimum Gasteiger partial charge on any atom is -0.445 e. The molecule has 0 spiro atoms. The fraction of sp³-hybridized carbons (Fsp3) is 0.200. The Balaban J connectivity index is 2.69. The van der Waals surface area contributed by atoms with Crippen molar-refractivity contribution in [3.8, 4) is 0 Å². The van der Waals surface area contributed by atoms with Crippen LogP contribution in [0, 0.1) is 13.8 Å². The van der Waals surface area contributed by atoms with Crippen LogP contribution in [0.15, 0.2) is 41.8 Å². The summed E-state index contributed by atoms with van der Waals surface area (Å²) in [6, 6.07) is 5.10. The van der Waals surface area contributed by atoms with Gasteiger partial charge in [-0.1, -0.05) is 18.7 Å². The number of fused-ring (bicyclic) bond motifs is 1. The molecule has 0 aliphatic rings. The van der Waals surface area contributed by atoms with Crippen molar-refractivity contribution in [2.75, 3.05) is 6.61 Å². The Hall–Kier alpha value is -2.36. The maximum absolute atomic E-state index is 11.9. The van der Waals surface area contributed by atoms with E-state index in [1.54, 1.807) is 6.07 Å². The Morgan fingerprint density at radius 3 is 2.84 bits per heavy atom. The topological polar surface area (TPSA) is 48.3 Å². The predicted octanol–water partition coefficient (Wildman–Crippen LogP) is 2.79. The third kappa shape index (κ3) is 2.42. The summed E-state index contributed by atoms with van der Waals surface area (Å²) in [5, 5.41) is 0.545. The van der Waals surface area contributed by atoms with E-state index >= 15 is 0 Å². The summed E-state index contributed by atoms with van der Waals surface area (Å²) in [6.07, 6.45) is 2.42. The van der Waals surface area contributed by atoms with Crippen molar-refractivity contribution in [2.45, 2.75) is 13.8 Å². The molecule has 0 aliphatic carbocycles. The lowest BCUT2D eigenvalue weighted by molar-refractivity contribution is 0.161. The number of carbonyl (C=O) groups excluding carboxylic acids is 1. The number of rotatable bonds is 2. The number of hydrogen-bond acceptors (Lipinski definition) is 3. The lowest BCUT2D eigenvalue weighted by Gasteiger charge is -2.11. The largest absolute Gasteiger partial charge is 0.445 e. The molecule has 0 aliphatic heterocycles. The Morgan fingerprint density at radius 1 is 1.42 bits per heavy atom. The number of pyridine rings is 1. The molecule has 0 radical (unpaired) electrons. The van der Waals surface area contributed by atoms with Gasteiger partial charge in [-0.3, -0.25) is 9.36 Å². The molecule has 2 rings (SSSR count). The third-order valence-electron chi connectivity index (χ3n) is 2.86. The van der Waals surface area contributed by atoms with Crippen molar-refractivity contribution >= 4 is 17.0 Å². The molecule has 1 aromatic heterocycles. The van der Waals surface area contributed by atoms with Crippen molar-refractivity contribution < 1.29 is 9.53 Å².